The first-order valence-electron chi connectivity index (χ1n) is 7.63. The lowest BCUT2D eigenvalue weighted by atomic mass is 10.0. The molecule has 0 aliphatic carbocycles. The summed E-state index contributed by atoms with van der Waals surface area (Å²) in [5, 5.41) is 6.12. The SMILES string of the molecule is CC1CCN(C(=O)NC[C@H](NC(C)C)C(=O)C(C)C)C1. The lowest BCUT2D eigenvalue weighted by Gasteiger charge is -2.24. The Kier molecular flexibility index (Phi) is 6.46. The van der Waals surface area contributed by atoms with Gasteiger partial charge in [0.1, 0.15) is 0 Å². The smallest absolute Gasteiger partial charge is 0.317 e. The summed E-state index contributed by atoms with van der Waals surface area (Å²) in [5.41, 5.74) is 0. The number of amides is 2. The van der Waals surface area contributed by atoms with Crippen LogP contribution in [0.4, 0.5) is 4.79 Å². The number of ketones is 1. The van der Waals surface area contributed by atoms with Gasteiger partial charge >= 0.3 is 6.03 Å². The molecule has 2 amide bonds. The molecule has 1 aliphatic rings. The standard InChI is InChI=1S/C15H29N3O2/c1-10(2)14(19)13(17-11(3)4)8-16-15(20)18-7-6-12(5)9-18/h10-13,17H,6-9H2,1-5H3,(H,16,20)/t12?,13-/m0/s1. The lowest BCUT2D eigenvalue weighted by Crippen LogP contribution is -2.51. The second-order valence-electron chi connectivity index (χ2n) is 6.46. The number of nitrogens with zero attached hydrogens (tertiary/aromatic N) is 1. The molecule has 1 saturated heterocycles. The molecular formula is C15H29N3O2. The van der Waals surface area contributed by atoms with Gasteiger partial charge in [-0.2, -0.15) is 0 Å². The fourth-order valence-corrected chi connectivity index (χ4v) is 2.47. The maximum absolute atomic E-state index is 12.1. The first kappa shape index (κ1) is 17.0. The van der Waals surface area contributed by atoms with Crippen LogP contribution in [0, 0.1) is 11.8 Å². The molecule has 5 heteroatoms. The average Bonchev–Trinajstić information content (AvgIpc) is 2.79. The molecule has 0 aromatic rings. The summed E-state index contributed by atoms with van der Waals surface area (Å²) >= 11 is 0. The molecule has 1 aliphatic heterocycles. The lowest BCUT2D eigenvalue weighted by molar-refractivity contribution is -0.124. The summed E-state index contributed by atoms with van der Waals surface area (Å²) in [4.78, 5) is 26.0. The summed E-state index contributed by atoms with van der Waals surface area (Å²) in [6.07, 6.45) is 1.06. The molecule has 1 heterocycles. The zero-order valence-electron chi connectivity index (χ0n) is 13.4. The van der Waals surface area contributed by atoms with E-state index in [1.165, 1.54) is 0 Å². The molecule has 2 N–H and O–H groups in total. The summed E-state index contributed by atoms with van der Waals surface area (Å²) in [7, 11) is 0. The molecular weight excluding hydrogens is 254 g/mol. The number of carbonyl (C=O) groups excluding carboxylic acids is 2. The maximum Gasteiger partial charge on any atom is 0.317 e. The van der Waals surface area contributed by atoms with Gasteiger partial charge in [-0.3, -0.25) is 4.79 Å². The van der Waals surface area contributed by atoms with Crippen molar-refractivity contribution in [2.75, 3.05) is 19.6 Å². The van der Waals surface area contributed by atoms with Crippen molar-refractivity contribution in [2.24, 2.45) is 11.8 Å². The number of hydrogen-bond donors (Lipinski definition) is 2. The molecule has 1 fully saturated rings. The van der Waals surface area contributed by atoms with Crippen LogP contribution in [0.3, 0.4) is 0 Å². The molecule has 2 atom stereocenters. The van der Waals surface area contributed by atoms with Crippen LogP contribution in [-0.2, 0) is 4.79 Å². The van der Waals surface area contributed by atoms with Crippen molar-refractivity contribution in [3.8, 4) is 0 Å². The van der Waals surface area contributed by atoms with Crippen molar-refractivity contribution in [1.29, 1.82) is 0 Å². The first-order valence-corrected chi connectivity index (χ1v) is 7.63. The van der Waals surface area contributed by atoms with Crippen LogP contribution in [0.5, 0.6) is 0 Å². The predicted molar refractivity (Wildman–Crippen MR) is 80.7 cm³/mol. The zero-order valence-corrected chi connectivity index (χ0v) is 13.4. The Balaban J connectivity index is 2.49. The maximum atomic E-state index is 12.1. The van der Waals surface area contributed by atoms with Gasteiger partial charge in [0, 0.05) is 31.6 Å². The molecule has 1 unspecified atom stereocenters. The predicted octanol–water partition coefficient (Wildman–Crippen LogP) is 1.63. The molecule has 0 bridgehead atoms. The quantitative estimate of drug-likeness (QED) is 0.779. The first-order chi connectivity index (χ1) is 9.31. The fourth-order valence-electron chi connectivity index (χ4n) is 2.47. The van der Waals surface area contributed by atoms with E-state index in [4.69, 9.17) is 0 Å². The van der Waals surface area contributed by atoms with Crippen LogP contribution in [-0.4, -0.2) is 48.4 Å². The van der Waals surface area contributed by atoms with E-state index in [9.17, 15) is 9.59 Å². The summed E-state index contributed by atoms with van der Waals surface area (Å²) in [6.45, 7) is 11.9. The average molecular weight is 283 g/mol. The van der Waals surface area contributed by atoms with E-state index >= 15 is 0 Å². The van der Waals surface area contributed by atoms with Gasteiger partial charge in [0.05, 0.1) is 6.04 Å². The Bertz CT molecular complexity index is 342. The number of hydrogen-bond acceptors (Lipinski definition) is 3. The topological polar surface area (TPSA) is 61.4 Å². The van der Waals surface area contributed by atoms with Gasteiger partial charge in [-0.25, -0.2) is 4.79 Å². The van der Waals surface area contributed by atoms with Gasteiger partial charge in [-0.05, 0) is 12.3 Å². The number of nitrogens with one attached hydrogen (secondary N) is 2. The Morgan fingerprint density at radius 2 is 1.90 bits per heavy atom. The van der Waals surface area contributed by atoms with Crippen molar-refractivity contribution >= 4 is 11.8 Å². The van der Waals surface area contributed by atoms with Gasteiger partial charge in [-0.1, -0.05) is 34.6 Å². The number of Topliss-reactive ketones (excluding diaryl/α,β-unsaturated/α-hetero) is 1. The third-order valence-corrected chi connectivity index (χ3v) is 3.62. The highest BCUT2D eigenvalue weighted by atomic mass is 16.2. The highest BCUT2D eigenvalue weighted by Gasteiger charge is 2.26. The highest BCUT2D eigenvalue weighted by Crippen LogP contribution is 2.14. The van der Waals surface area contributed by atoms with E-state index in [0.717, 1.165) is 19.5 Å². The van der Waals surface area contributed by atoms with Gasteiger partial charge < -0.3 is 15.5 Å². The minimum absolute atomic E-state index is 0.0324. The Hall–Kier alpha value is -1.10. The molecule has 0 spiro atoms. The number of carbonyl (C=O) groups is 2. The molecule has 116 valence electrons. The molecule has 0 aromatic carbocycles. The summed E-state index contributed by atoms with van der Waals surface area (Å²) in [5.74, 6) is 0.686. The fraction of sp³-hybridized carbons (Fsp3) is 0.867. The molecule has 0 saturated carbocycles. The van der Waals surface area contributed by atoms with Crippen LogP contribution in [0.25, 0.3) is 0 Å². The van der Waals surface area contributed by atoms with E-state index in [0.29, 0.717) is 12.5 Å². The molecule has 0 aromatic heterocycles. The second-order valence-corrected chi connectivity index (χ2v) is 6.46. The van der Waals surface area contributed by atoms with E-state index < -0.39 is 0 Å². The minimum Gasteiger partial charge on any atom is -0.336 e. The number of urea groups is 1. The summed E-state index contributed by atoms with van der Waals surface area (Å²) in [6, 6.07) is -0.146. The zero-order chi connectivity index (χ0) is 15.3. The van der Waals surface area contributed by atoms with Crippen LogP contribution in [0.1, 0.15) is 41.0 Å². The van der Waals surface area contributed by atoms with Gasteiger partial charge in [0.2, 0.25) is 0 Å². The third-order valence-electron chi connectivity index (χ3n) is 3.62. The van der Waals surface area contributed by atoms with Gasteiger partial charge in [0.15, 0.2) is 5.78 Å². The molecule has 0 radical (unpaired) electrons. The van der Waals surface area contributed by atoms with Crippen LogP contribution in [0.2, 0.25) is 0 Å². The van der Waals surface area contributed by atoms with E-state index in [2.05, 4.69) is 17.6 Å². The highest BCUT2D eigenvalue weighted by molar-refractivity contribution is 5.86. The Labute approximate surface area is 122 Å². The van der Waals surface area contributed by atoms with Crippen molar-refractivity contribution in [3.63, 3.8) is 0 Å². The summed E-state index contributed by atoms with van der Waals surface area (Å²) < 4.78 is 0. The molecule has 20 heavy (non-hydrogen) atoms. The molecule has 5 nitrogen and oxygen atoms in total. The van der Waals surface area contributed by atoms with E-state index in [1.807, 2.05) is 32.6 Å². The van der Waals surface area contributed by atoms with E-state index in [1.54, 1.807) is 0 Å². The van der Waals surface area contributed by atoms with Crippen LogP contribution < -0.4 is 10.6 Å². The third kappa shape index (κ3) is 5.12. The van der Waals surface area contributed by atoms with Crippen molar-refractivity contribution in [1.82, 2.24) is 15.5 Å². The van der Waals surface area contributed by atoms with Crippen molar-refractivity contribution < 1.29 is 9.59 Å². The number of likely N-dealkylation sites (tertiary alicyclic amines) is 1. The monoisotopic (exact) mass is 283 g/mol. The normalized spacial score (nSPS) is 20.6. The second kappa shape index (κ2) is 7.62. The van der Waals surface area contributed by atoms with Gasteiger partial charge in [-0.15, -0.1) is 0 Å². The van der Waals surface area contributed by atoms with Crippen molar-refractivity contribution in [2.45, 2.75) is 53.1 Å². The Morgan fingerprint density at radius 1 is 1.25 bits per heavy atom. The minimum atomic E-state index is -0.307. The largest absolute Gasteiger partial charge is 0.336 e. The van der Waals surface area contributed by atoms with Crippen LogP contribution in [0.15, 0.2) is 0 Å². The Morgan fingerprint density at radius 3 is 2.35 bits per heavy atom. The van der Waals surface area contributed by atoms with Gasteiger partial charge in [0.25, 0.3) is 0 Å². The number of rotatable bonds is 6. The molecule has 1 rings (SSSR count). The van der Waals surface area contributed by atoms with Crippen molar-refractivity contribution in [3.05, 3.63) is 0 Å². The van der Waals surface area contributed by atoms with E-state index in [-0.39, 0.29) is 29.8 Å². The van der Waals surface area contributed by atoms with Crippen LogP contribution >= 0.6 is 0 Å².